The first-order chi connectivity index (χ1) is 21.1. The van der Waals surface area contributed by atoms with Crippen LogP contribution in [0.3, 0.4) is 0 Å². The van der Waals surface area contributed by atoms with Gasteiger partial charge in [-0.05, 0) is 5.56 Å². The minimum absolute atomic E-state index is 0.0280. The summed E-state index contributed by atoms with van der Waals surface area (Å²) in [6, 6.07) is 8.71. The van der Waals surface area contributed by atoms with Gasteiger partial charge < -0.3 is 47.9 Å². The minimum Gasteiger partial charge on any atom is -0.491 e. The third-order valence-corrected chi connectivity index (χ3v) is 5.87. The van der Waals surface area contributed by atoms with Crippen LogP contribution in [0.5, 0.6) is 0 Å². The Labute approximate surface area is 257 Å². The second-order valence-corrected chi connectivity index (χ2v) is 9.68. The van der Waals surface area contributed by atoms with Crippen molar-refractivity contribution in [3.8, 4) is 0 Å². The molecule has 1 aromatic carbocycles. The molecule has 1 aliphatic rings. The van der Waals surface area contributed by atoms with E-state index in [4.69, 9.17) is 42.6 Å². The molecule has 1 saturated heterocycles. The van der Waals surface area contributed by atoms with Gasteiger partial charge in [-0.15, -0.1) is 0 Å². The van der Waals surface area contributed by atoms with Gasteiger partial charge >= 0.3 is 17.9 Å². The van der Waals surface area contributed by atoms with Crippen LogP contribution in [0.2, 0.25) is 0 Å². The van der Waals surface area contributed by atoms with Crippen LogP contribution >= 0.6 is 0 Å². The fourth-order valence-corrected chi connectivity index (χ4v) is 4.08. The van der Waals surface area contributed by atoms with Crippen molar-refractivity contribution in [2.75, 3.05) is 52.9 Å². The van der Waals surface area contributed by atoms with E-state index in [2.05, 4.69) is 11.9 Å². The zero-order valence-corrected chi connectivity index (χ0v) is 25.7. The van der Waals surface area contributed by atoms with Crippen LogP contribution in [0.15, 0.2) is 42.7 Å². The van der Waals surface area contributed by atoms with Crippen molar-refractivity contribution in [2.24, 2.45) is 0 Å². The number of benzene rings is 1. The molecule has 2 rings (SSSR count). The van der Waals surface area contributed by atoms with E-state index < -0.39 is 54.5 Å². The molecule has 0 aromatic heterocycles. The molecule has 1 N–H and O–H groups in total. The SMILES string of the molecule is C=C(COCCOCCOCCO[C@@H]1O[C@H](COC(C)=O)[C@H](OC(C)=O)[C@H](OC(C)=O)[C@H]1NC(C)=O)OCc1ccccc1. The van der Waals surface area contributed by atoms with E-state index in [-0.39, 0.29) is 33.0 Å². The Morgan fingerprint density at radius 1 is 0.773 bits per heavy atom. The van der Waals surface area contributed by atoms with Gasteiger partial charge in [-0.2, -0.15) is 0 Å². The van der Waals surface area contributed by atoms with Gasteiger partial charge in [-0.3, -0.25) is 19.2 Å². The van der Waals surface area contributed by atoms with Gasteiger partial charge in [0.05, 0.1) is 39.6 Å². The first-order valence-electron chi connectivity index (χ1n) is 14.2. The molecule has 0 aliphatic carbocycles. The number of hydrogen-bond donors (Lipinski definition) is 1. The average molecular weight is 626 g/mol. The average Bonchev–Trinajstić information content (AvgIpc) is 2.96. The van der Waals surface area contributed by atoms with Gasteiger partial charge in [0.25, 0.3) is 0 Å². The van der Waals surface area contributed by atoms with Gasteiger partial charge in [-0.25, -0.2) is 0 Å². The summed E-state index contributed by atoms with van der Waals surface area (Å²) >= 11 is 0. The van der Waals surface area contributed by atoms with E-state index in [1.165, 1.54) is 20.8 Å². The van der Waals surface area contributed by atoms with Crippen LogP contribution in [0, 0.1) is 0 Å². The first kappa shape index (κ1) is 36.6. The predicted octanol–water partition coefficient (Wildman–Crippen LogP) is 1.44. The van der Waals surface area contributed by atoms with Gasteiger partial charge in [0, 0.05) is 27.7 Å². The van der Waals surface area contributed by atoms with Crippen molar-refractivity contribution in [1.29, 1.82) is 0 Å². The van der Waals surface area contributed by atoms with Gasteiger partial charge in [-0.1, -0.05) is 36.9 Å². The summed E-state index contributed by atoms with van der Waals surface area (Å²) in [7, 11) is 0. The maximum atomic E-state index is 12.0. The van der Waals surface area contributed by atoms with Crippen LogP contribution in [0.1, 0.15) is 33.3 Å². The Hall–Kier alpha value is -3.56. The number of carbonyl (C=O) groups is 4. The predicted molar refractivity (Wildman–Crippen MR) is 153 cm³/mol. The third kappa shape index (κ3) is 14.8. The van der Waals surface area contributed by atoms with E-state index in [9.17, 15) is 19.2 Å². The molecule has 0 radical (unpaired) electrons. The Kier molecular flexibility index (Phi) is 17.0. The minimum atomic E-state index is -1.19. The molecule has 0 bridgehead atoms. The van der Waals surface area contributed by atoms with Crippen LogP contribution in [-0.4, -0.2) is 107 Å². The monoisotopic (exact) mass is 625 g/mol. The molecule has 1 aromatic rings. The maximum Gasteiger partial charge on any atom is 0.303 e. The van der Waals surface area contributed by atoms with Crippen molar-refractivity contribution in [3.05, 3.63) is 48.2 Å². The first-order valence-corrected chi connectivity index (χ1v) is 14.2. The van der Waals surface area contributed by atoms with Crippen molar-refractivity contribution >= 4 is 23.8 Å². The standard InChI is InChI=1S/C30H43NO13/c1-20(40-18-25-9-7-6-8-10-25)17-38-14-13-36-11-12-37-15-16-39-30-27(31-21(2)32)29(43-24(5)35)28(42-23(4)34)26(44-30)19-41-22(3)33/h6-10,26-30H,1,11-19H2,2-5H3,(H,31,32)/t26-,27-,28+,29-,30-/m1/s1. The summed E-state index contributed by atoms with van der Waals surface area (Å²) in [5.74, 6) is -1.92. The van der Waals surface area contributed by atoms with Gasteiger partial charge in [0.1, 0.15) is 37.7 Å². The highest BCUT2D eigenvalue weighted by atomic mass is 16.7. The van der Waals surface area contributed by atoms with E-state index in [1.807, 2.05) is 30.3 Å². The fourth-order valence-electron chi connectivity index (χ4n) is 4.08. The summed E-state index contributed by atoms with van der Waals surface area (Å²) in [6.07, 6.45) is -4.58. The van der Waals surface area contributed by atoms with E-state index >= 15 is 0 Å². The molecule has 44 heavy (non-hydrogen) atoms. The second kappa shape index (κ2) is 20.4. The summed E-state index contributed by atoms with van der Waals surface area (Å²) in [6.45, 7) is 10.5. The second-order valence-electron chi connectivity index (χ2n) is 9.68. The van der Waals surface area contributed by atoms with Crippen LogP contribution in [-0.2, 0) is 68.4 Å². The molecule has 1 aliphatic heterocycles. The topological polar surface area (TPSA) is 163 Å². The zero-order valence-electron chi connectivity index (χ0n) is 25.7. The molecular weight excluding hydrogens is 582 g/mol. The lowest BCUT2D eigenvalue weighted by Crippen LogP contribution is -2.66. The van der Waals surface area contributed by atoms with E-state index in [0.29, 0.717) is 32.2 Å². The van der Waals surface area contributed by atoms with Crippen molar-refractivity contribution in [1.82, 2.24) is 5.32 Å². The largest absolute Gasteiger partial charge is 0.491 e. The molecule has 0 unspecified atom stereocenters. The smallest absolute Gasteiger partial charge is 0.303 e. The molecule has 5 atom stereocenters. The Morgan fingerprint density at radius 3 is 1.95 bits per heavy atom. The Bertz CT molecular complexity index is 1050. The van der Waals surface area contributed by atoms with Crippen molar-refractivity contribution < 1.29 is 61.8 Å². The molecule has 0 spiro atoms. The fraction of sp³-hybridized carbons (Fsp3) is 0.600. The molecule has 1 heterocycles. The lowest BCUT2D eigenvalue weighted by Gasteiger charge is -2.44. The van der Waals surface area contributed by atoms with E-state index in [0.717, 1.165) is 12.5 Å². The number of hydrogen-bond acceptors (Lipinski definition) is 13. The lowest BCUT2D eigenvalue weighted by molar-refractivity contribution is -0.279. The highest BCUT2D eigenvalue weighted by Crippen LogP contribution is 2.28. The number of ether oxygens (including phenoxy) is 9. The summed E-state index contributed by atoms with van der Waals surface area (Å²) < 4.78 is 49.7. The number of amides is 1. The third-order valence-electron chi connectivity index (χ3n) is 5.87. The van der Waals surface area contributed by atoms with Crippen molar-refractivity contribution in [2.45, 2.75) is 64.9 Å². The Balaban J connectivity index is 1.74. The summed E-state index contributed by atoms with van der Waals surface area (Å²) in [5.41, 5.74) is 1.05. The molecular formula is C30H43NO13. The Morgan fingerprint density at radius 2 is 1.36 bits per heavy atom. The molecule has 246 valence electrons. The summed E-state index contributed by atoms with van der Waals surface area (Å²) in [4.78, 5) is 47.1. The van der Waals surface area contributed by atoms with Crippen LogP contribution in [0.25, 0.3) is 0 Å². The number of esters is 3. The summed E-state index contributed by atoms with van der Waals surface area (Å²) in [5, 5.41) is 2.63. The van der Waals surface area contributed by atoms with Gasteiger partial charge in [0.15, 0.2) is 18.5 Å². The zero-order chi connectivity index (χ0) is 32.3. The molecule has 1 amide bonds. The van der Waals surface area contributed by atoms with Crippen LogP contribution in [0.4, 0.5) is 0 Å². The van der Waals surface area contributed by atoms with Crippen LogP contribution < -0.4 is 5.32 Å². The number of nitrogens with one attached hydrogen (secondary N) is 1. The van der Waals surface area contributed by atoms with Crippen molar-refractivity contribution in [3.63, 3.8) is 0 Å². The highest BCUT2D eigenvalue weighted by Gasteiger charge is 2.51. The molecule has 14 nitrogen and oxygen atoms in total. The van der Waals surface area contributed by atoms with E-state index in [1.54, 1.807) is 0 Å². The molecule has 0 saturated carbocycles. The number of carbonyl (C=O) groups excluding carboxylic acids is 4. The highest BCUT2D eigenvalue weighted by molar-refractivity contribution is 5.73. The number of rotatable bonds is 20. The normalized spacial score (nSPS) is 21.1. The van der Waals surface area contributed by atoms with Gasteiger partial charge in [0.2, 0.25) is 5.91 Å². The maximum absolute atomic E-state index is 12.0. The quantitative estimate of drug-likeness (QED) is 0.0959. The molecule has 14 heteroatoms. The molecule has 1 fully saturated rings. The lowest BCUT2D eigenvalue weighted by atomic mass is 9.96.